The number of hydrogen-bond donors (Lipinski definition) is 1. The van der Waals surface area contributed by atoms with Crippen LogP contribution in [0, 0.1) is 0 Å². The van der Waals surface area contributed by atoms with Crippen molar-refractivity contribution < 1.29 is 5.11 Å². The number of para-hydroxylation sites is 3. The second-order valence-electron chi connectivity index (χ2n) is 5.39. The number of imidazole rings is 1. The monoisotopic (exact) mass is 323 g/mol. The Hall–Kier alpha value is -2.43. The average Bonchev–Trinajstić information content (AvgIpc) is 2.93. The van der Waals surface area contributed by atoms with Crippen LogP contribution in [0.5, 0.6) is 0 Å². The lowest BCUT2D eigenvalue weighted by atomic mass is 10.1. The average molecular weight is 324 g/mol. The highest BCUT2D eigenvalue weighted by Gasteiger charge is 2.12. The minimum absolute atomic E-state index is 0.118. The van der Waals surface area contributed by atoms with E-state index in [-0.39, 0.29) is 6.61 Å². The van der Waals surface area contributed by atoms with Crippen LogP contribution in [0.4, 0.5) is 0 Å². The molecule has 23 heavy (non-hydrogen) atoms. The molecule has 0 amide bonds. The van der Waals surface area contributed by atoms with Gasteiger partial charge in [0.25, 0.3) is 0 Å². The van der Waals surface area contributed by atoms with Crippen LogP contribution in [0.25, 0.3) is 21.9 Å². The highest BCUT2D eigenvalue weighted by Crippen LogP contribution is 2.24. The molecule has 0 aliphatic heterocycles. The molecule has 0 saturated heterocycles. The molecule has 0 aliphatic carbocycles. The molecule has 0 atom stereocenters. The molecule has 0 radical (unpaired) electrons. The third kappa shape index (κ3) is 2.46. The highest BCUT2D eigenvalue weighted by atomic mass is 35.5. The summed E-state index contributed by atoms with van der Waals surface area (Å²) in [6.07, 6.45) is 0. The van der Waals surface area contributed by atoms with E-state index in [1.54, 1.807) is 0 Å². The summed E-state index contributed by atoms with van der Waals surface area (Å²) in [4.78, 5) is 8.93. The molecule has 2 aromatic carbocycles. The molecule has 4 rings (SSSR count). The SMILES string of the molecule is OCc1nc2ccccc2n1Cc1cc2ccccc2nc1Cl. The second-order valence-corrected chi connectivity index (χ2v) is 5.75. The smallest absolute Gasteiger partial charge is 0.136 e. The minimum atomic E-state index is -0.118. The van der Waals surface area contributed by atoms with Gasteiger partial charge in [-0.3, -0.25) is 0 Å². The van der Waals surface area contributed by atoms with Crippen LogP contribution in [0.2, 0.25) is 5.15 Å². The van der Waals surface area contributed by atoms with E-state index in [1.807, 2.05) is 59.2 Å². The molecule has 0 aliphatic rings. The first-order chi connectivity index (χ1) is 11.3. The molecule has 0 unspecified atom stereocenters. The van der Waals surface area contributed by atoms with Crippen LogP contribution in [-0.4, -0.2) is 19.6 Å². The second kappa shape index (κ2) is 5.65. The van der Waals surface area contributed by atoms with Crippen molar-refractivity contribution in [3.05, 3.63) is 71.1 Å². The summed E-state index contributed by atoms with van der Waals surface area (Å²) in [6, 6.07) is 17.7. The zero-order chi connectivity index (χ0) is 15.8. The van der Waals surface area contributed by atoms with E-state index in [1.165, 1.54) is 0 Å². The number of rotatable bonds is 3. The van der Waals surface area contributed by atoms with Gasteiger partial charge in [0.05, 0.1) is 23.1 Å². The summed E-state index contributed by atoms with van der Waals surface area (Å²) >= 11 is 6.36. The molecule has 0 fully saturated rings. The van der Waals surface area contributed by atoms with E-state index in [0.29, 0.717) is 17.5 Å². The summed E-state index contributed by atoms with van der Waals surface area (Å²) in [5, 5.41) is 11.1. The lowest BCUT2D eigenvalue weighted by Gasteiger charge is -2.10. The molecule has 1 N–H and O–H groups in total. The number of fused-ring (bicyclic) bond motifs is 2. The molecule has 0 spiro atoms. The summed E-state index contributed by atoms with van der Waals surface area (Å²) in [6.45, 7) is 0.403. The number of halogens is 1. The lowest BCUT2D eigenvalue weighted by Crippen LogP contribution is -2.06. The van der Waals surface area contributed by atoms with Gasteiger partial charge in [0.2, 0.25) is 0 Å². The van der Waals surface area contributed by atoms with Crippen LogP contribution < -0.4 is 0 Å². The Bertz CT molecular complexity index is 1010. The third-order valence-electron chi connectivity index (χ3n) is 3.95. The molecule has 4 aromatic rings. The van der Waals surface area contributed by atoms with Crippen LogP contribution in [0.3, 0.4) is 0 Å². The zero-order valence-electron chi connectivity index (χ0n) is 12.3. The first-order valence-electron chi connectivity index (χ1n) is 7.35. The molecule has 4 nitrogen and oxygen atoms in total. The maximum atomic E-state index is 9.61. The molecule has 0 bridgehead atoms. The summed E-state index contributed by atoms with van der Waals surface area (Å²) in [7, 11) is 0. The number of nitrogens with zero attached hydrogens (tertiary/aromatic N) is 3. The van der Waals surface area contributed by atoms with E-state index >= 15 is 0 Å². The van der Waals surface area contributed by atoms with Crippen molar-refractivity contribution in [1.29, 1.82) is 0 Å². The standard InChI is InChI=1S/C18H14ClN3O/c19-18-13(9-12-5-1-2-6-14(12)21-18)10-22-16-8-4-3-7-15(16)20-17(22)11-23/h1-9,23H,10-11H2. The zero-order valence-corrected chi connectivity index (χ0v) is 13.0. The number of benzene rings is 2. The fourth-order valence-corrected chi connectivity index (χ4v) is 3.05. The molecular weight excluding hydrogens is 310 g/mol. The van der Waals surface area contributed by atoms with E-state index < -0.39 is 0 Å². The maximum Gasteiger partial charge on any atom is 0.136 e. The Morgan fingerprint density at radius 3 is 2.52 bits per heavy atom. The van der Waals surface area contributed by atoms with Gasteiger partial charge < -0.3 is 9.67 Å². The fraction of sp³-hybridized carbons (Fsp3) is 0.111. The van der Waals surface area contributed by atoms with E-state index in [9.17, 15) is 5.11 Å². The van der Waals surface area contributed by atoms with Crippen LogP contribution in [0.15, 0.2) is 54.6 Å². The Morgan fingerprint density at radius 1 is 0.957 bits per heavy atom. The van der Waals surface area contributed by atoms with Gasteiger partial charge in [-0.15, -0.1) is 0 Å². The summed E-state index contributed by atoms with van der Waals surface area (Å²) < 4.78 is 1.98. The maximum absolute atomic E-state index is 9.61. The van der Waals surface area contributed by atoms with Gasteiger partial charge in [-0.25, -0.2) is 9.97 Å². The number of aromatic nitrogens is 3. The van der Waals surface area contributed by atoms with Gasteiger partial charge in [-0.2, -0.15) is 0 Å². The van der Waals surface area contributed by atoms with Gasteiger partial charge in [-0.05, 0) is 24.3 Å². The van der Waals surface area contributed by atoms with Crippen molar-refractivity contribution in [3.8, 4) is 0 Å². The Labute approximate surface area is 138 Å². The minimum Gasteiger partial charge on any atom is -0.388 e. The van der Waals surface area contributed by atoms with Crippen LogP contribution >= 0.6 is 11.6 Å². The number of aliphatic hydroxyl groups is 1. The van der Waals surface area contributed by atoms with Gasteiger partial charge in [0.15, 0.2) is 0 Å². The quantitative estimate of drug-likeness (QED) is 0.584. The molecule has 5 heteroatoms. The van der Waals surface area contributed by atoms with Crippen molar-refractivity contribution in [2.45, 2.75) is 13.2 Å². The molecular formula is C18H14ClN3O. The third-order valence-corrected chi connectivity index (χ3v) is 4.28. The van der Waals surface area contributed by atoms with Crippen molar-refractivity contribution in [2.75, 3.05) is 0 Å². The first kappa shape index (κ1) is 14.2. The number of aliphatic hydroxyl groups excluding tert-OH is 1. The van der Waals surface area contributed by atoms with Crippen LogP contribution in [-0.2, 0) is 13.2 Å². The summed E-state index contributed by atoms with van der Waals surface area (Å²) in [5.74, 6) is 0.621. The number of pyridine rings is 1. The van der Waals surface area contributed by atoms with Gasteiger partial charge in [0, 0.05) is 10.9 Å². The van der Waals surface area contributed by atoms with Crippen molar-refractivity contribution in [2.24, 2.45) is 0 Å². The first-order valence-corrected chi connectivity index (χ1v) is 7.73. The largest absolute Gasteiger partial charge is 0.388 e. The topological polar surface area (TPSA) is 50.9 Å². The van der Waals surface area contributed by atoms with Crippen molar-refractivity contribution in [1.82, 2.24) is 14.5 Å². The summed E-state index contributed by atoms with van der Waals surface area (Å²) in [5.41, 5.74) is 3.62. The van der Waals surface area contributed by atoms with Crippen molar-refractivity contribution in [3.63, 3.8) is 0 Å². The predicted octanol–water partition coefficient (Wildman–Crippen LogP) is 3.78. The Kier molecular flexibility index (Phi) is 3.48. The molecule has 2 heterocycles. The molecule has 114 valence electrons. The van der Waals surface area contributed by atoms with Crippen molar-refractivity contribution >= 4 is 33.5 Å². The lowest BCUT2D eigenvalue weighted by molar-refractivity contribution is 0.267. The Balaban J connectivity index is 1.86. The van der Waals surface area contributed by atoms with Crippen LogP contribution in [0.1, 0.15) is 11.4 Å². The normalized spacial score (nSPS) is 11.4. The Morgan fingerprint density at radius 2 is 1.70 bits per heavy atom. The number of hydrogen-bond acceptors (Lipinski definition) is 3. The van der Waals surface area contributed by atoms with E-state index in [4.69, 9.17) is 11.6 Å². The molecule has 0 saturated carbocycles. The van der Waals surface area contributed by atoms with Gasteiger partial charge >= 0.3 is 0 Å². The predicted molar refractivity (Wildman–Crippen MR) is 91.5 cm³/mol. The fourth-order valence-electron chi connectivity index (χ4n) is 2.84. The highest BCUT2D eigenvalue weighted by molar-refractivity contribution is 6.30. The van der Waals surface area contributed by atoms with E-state index in [0.717, 1.165) is 27.5 Å². The van der Waals surface area contributed by atoms with Gasteiger partial charge in [-0.1, -0.05) is 41.9 Å². The van der Waals surface area contributed by atoms with Gasteiger partial charge in [0.1, 0.15) is 17.6 Å². The molecule has 2 aromatic heterocycles. The van der Waals surface area contributed by atoms with E-state index in [2.05, 4.69) is 9.97 Å².